The number of nitrogens with zero attached hydrogens (tertiary/aromatic N) is 1. The number of likely N-dealkylation sites (N-methyl/N-ethyl adjacent to an activating group) is 1. The van der Waals surface area contributed by atoms with Crippen LogP contribution in [-0.4, -0.2) is 39.9 Å². The minimum atomic E-state index is -1.09. The molecule has 4 nitrogen and oxygen atoms in total. The monoisotopic (exact) mass is 431 g/mol. The molecular formula is C14H17NO3W. The third-order valence-electron chi connectivity index (χ3n) is 3.78. The van der Waals surface area contributed by atoms with E-state index < -0.39 is 11.6 Å². The Morgan fingerprint density at radius 3 is 2.95 bits per heavy atom. The predicted octanol–water partition coefficient (Wildman–Crippen LogP) is 1.14. The second-order valence-corrected chi connectivity index (χ2v) is 5.86. The molecule has 1 fully saturated rings. The summed E-state index contributed by atoms with van der Waals surface area (Å²) in [5.41, 5.74) is -0.279. The summed E-state index contributed by atoms with van der Waals surface area (Å²) in [6.07, 6.45) is 8.16. The van der Waals surface area contributed by atoms with Crippen molar-refractivity contribution in [2.45, 2.75) is 37.8 Å². The Bertz CT molecular complexity index is 483. The van der Waals surface area contributed by atoms with Crippen LogP contribution in [0.25, 0.3) is 0 Å². The van der Waals surface area contributed by atoms with Gasteiger partial charge in [0, 0.05) is 0 Å². The Hall–Kier alpha value is -1.02. The maximum atomic E-state index is 12.6. The molecule has 0 saturated carbocycles. The van der Waals surface area contributed by atoms with Crippen LogP contribution < -0.4 is 0 Å². The number of morpholine rings is 1. The van der Waals surface area contributed by atoms with Crippen molar-refractivity contribution < 1.29 is 33.7 Å². The number of hydrogen-bond donors (Lipinski definition) is 0. The molecule has 0 radical (unpaired) electrons. The molecule has 0 aromatic heterocycles. The number of allylic oxidation sites excluding steroid dienone is 2. The summed E-state index contributed by atoms with van der Waals surface area (Å²) < 4.78 is 7.54. The second kappa shape index (κ2) is 5.54. The molecule has 5 heteroatoms. The standard InChI is InChI=1S/C14H17NO3.W/c1-4-7-11-8-5-6-9-14(11)13(17)15(3)10(2)12(16)18-14;/h1,4,7-8,10H,5-6,9H2,2-3H3;/b7-4-;. The van der Waals surface area contributed by atoms with Gasteiger partial charge in [-0.3, -0.25) is 0 Å². The molecule has 2 rings (SSSR count). The van der Waals surface area contributed by atoms with Crippen LogP contribution in [0.2, 0.25) is 0 Å². The molecule has 1 spiro atoms. The van der Waals surface area contributed by atoms with E-state index in [4.69, 9.17) is 4.74 Å². The normalized spacial score (nSPS) is 31.6. The van der Waals surface area contributed by atoms with E-state index in [1.807, 2.05) is 22.6 Å². The summed E-state index contributed by atoms with van der Waals surface area (Å²) in [4.78, 5) is 26.1. The van der Waals surface area contributed by atoms with Crippen LogP contribution in [0.1, 0.15) is 26.2 Å². The van der Waals surface area contributed by atoms with Gasteiger partial charge in [0.2, 0.25) is 0 Å². The topological polar surface area (TPSA) is 46.6 Å². The van der Waals surface area contributed by atoms with E-state index in [1.54, 1.807) is 14.0 Å². The SMILES string of the molecule is CC1C(=O)OC2(CCCC=C2/C=C\[CH]=[W])C(=O)N1C. The number of amides is 1. The van der Waals surface area contributed by atoms with Gasteiger partial charge in [-0.2, -0.15) is 0 Å². The number of rotatable bonds is 2. The van der Waals surface area contributed by atoms with Crippen molar-refractivity contribution in [2.75, 3.05) is 7.05 Å². The summed E-state index contributed by atoms with van der Waals surface area (Å²) in [5.74, 6) is -0.437. The molecule has 1 saturated heterocycles. The average molecular weight is 431 g/mol. The van der Waals surface area contributed by atoms with E-state index in [0.717, 1.165) is 18.4 Å². The Morgan fingerprint density at radius 1 is 1.53 bits per heavy atom. The van der Waals surface area contributed by atoms with E-state index in [1.165, 1.54) is 24.3 Å². The van der Waals surface area contributed by atoms with E-state index in [-0.39, 0.29) is 11.9 Å². The molecule has 0 aromatic rings. The van der Waals surface area contributed by atoms with Crippen LogP contribution in [0.5, 0.6) is 0 Å². The Morgan fingerprint density at radius 2 is 2.26 bits per heavy atom. The minimum absolute atomic E-state index is 0.112. The summed E-state index contributed by atoms with van der Waals surface area (Å²) in [7, 11) is 1.67. The number of ether oxygens (including phenoxy) is 1. The number of esters is 1. The Kier molecular flexibility index (Phi) is 4.19. The number of carbonyl (C=O) groups is 2. The molecule has 1 heterocycles. The molecule has 2 atom stereocenters. The van der Waals surface area contributed by atoms with Crippen molar-refractivity contribution in [3.05, 3.63) is 23.8 Å². The van der Waals surface area contributed by atoms with Gasteiger partial charge in [0.05, 0.1) is 0 Å². The molecule has 102 valence electrons. The van der Waals surface area contributed by atoms with Crippen molar-refractivity contribution in [3.8, 4) is 0 Å². The predicted molar refractivity (Wildman–Crippen MR) is 68.2 cm³/mol. The molecule has 1 aliphatic carbocycles. The van der Waals surface area contributed by atoms with Gasteiger partial charge in [0.1, 0.15) is 0 Å². The summed E-state index contributed by atoms with van der Waals surface area (Å²) in [6, 6.07) is -0.507. The molecule has 1 amide bonds. The van der Waals surface area contributed by atoms with E-state index in [2.05, 4.69) is 0 Å². The fourth-order valence-electron chi connectivity index (χ4n) is 2.52. The molecule has 0 bridgehead atoms. The van der Waals surface area contributed by atoms with Gasteiger partial charge >= 0.3 is 124 Å². The number of carbonyl (C=O) groups excluding carboxylic acids is 2. The number of hydrogen-bond acceptors (Lipinski definition) is 3. The van der Waals surface area contributed by atoms with Gasteiger partial charge in [-0.25, -0.2) is 0 Å². The fourth-order valence-corrected chi connectivity index (χ4v) is 2.81. The summed E-state index contributed by atoms with van der Waals surface area (Å²) in [6.45, 7) is 1.69. The van der Waals surface area contributed by atoms with E-state index >= 15 is 0 Å². The van der Waals surface area contributed by atoms with E-state index in [9.17, 15) is 9.59 Å². The van der Waals surface area contributed by atoms with Gasteiger partial charge in [0.15, 0.2) is 0 Å². The van der Waals surface area contributed by atoms with Crippen molar-refractivity contribution in [1.82, 2.24) is 4.90 Å². The zero-order chi connectivity index (χ0) is 14.0. The first-order valence-corrected chi connectivity index (χ1v) is 8.05. The molecule has 0 N–H and O–H groups in total. The third-order valence-corrected chi connectivity index (χ3v) is 4.35. The van der Waals surface area contributed by atoms with Gasteiger partial charge in [-0.1, -0.05) is 0 Å². The van der Waals surface area contributed by atoms with Crippen molar-refractivity contribution in [3.63, 3.8) is 0 Å². The average Bonchev–Trinajstić information content (AvgIpc) is 2.42. The summed E-state index contributed by atoms with van der Waals surface area (Å²) >= 11 is 1.34. The molecule has 1 aliphatic heterocycles. The van der Waals surface area contributed by atoms with Crippen LogP contribution in [0.3, 0.4) is 0 Å². The Balaban J connectivity index is 2.44. The van der Waals surface area contributed by atoms with Crippen LogP contribution in [0, 0.1) is 0 Å². The van der Waals surface area contributed by atoms with Crippen LogP contribution in [0.4, 0.5) is 0 Å². The van der Waals surface area contributed by atoms with E-state index in [0.29, 0.717) is 6.42 Å². The first-order valence-electron chi connectivity index (χ1n) is 6.35. The van der Waals surface area contributed by atoms with Gasteiger partial charge in [-0.05, 0) is 0 Å². The molecular weight excluding hydrogens is 414 g/mol. The summed E-state index contributed by atoms with van der Waals surface area (Å²) in [5, 5.41) is 0. The fraction of sp³-hybridized carbons (Fsp3) is 0.500. The zero-order valence-corrected chi connectivity index (χ0v) is 14.0. The van der Waals surface area contributed by atoms with Gasteiger partial charge in [0.25, 0.3) is 0 Å². The molecule has 19 heavy (non-hydrogen) atoms. The Labute approximate surface area is 123 Å². The van der Waals surface area contributed by atoms with Crippen LogP contribution in [-0.2, 0) is 33.7 Å². The second-order valence-electron chi connectivity index (χ2n) is 4.89. The third kappa shape index (κ3) is 2.38. The quantitative estimate of drug-likeness (QED) is 0.617. The maximum absolute atomic E-state index is 12.6. The van der Waals surface area contributed by atoms with Gasteiger partial charge in [-0.15, -0.1) is 0 Å². The first-order chi connectivity index (χ1) is 9.03. The van der Waals surface area contributed by atoms with Crippen LogP contribution in [0.15, 0.2) is 23.8 Å². The molecule has 2 unspecified atom stereocenters. The first kappa shape index (κ1) is 14.4. The molecule has 2 aliphatic rings. The molecule has 0 aromatic carbocycles. The van der Waals surface area contributed by atoms with Crippen molar-refractivity contribution in [1.29, 1.82) is 0 Å². The van der Waals surface area contributed by atoms with Crippen molar-refractivity contribution in [2.24, 2.45) is 0 Å². The van der Waals surface area contributed by atoms with Crippen molar-refractivity contribution >= 4 is 16.3 Å². The van der Waals surface area contributed by atoms with Gasteiger partial charge < -0.3 is 0 Å². The van der Waals surface area contributed by atoms with Crippen LogP contribution >= 0.6 is 0 Å². The zero-order valence-electron chi connectivity index (χ0n) is 11.1.